The van der Waals surface area contributed by atoms with E-state index < -0.39 is 0 Å². The third-order valence-corrected chi connectivity index (χ3v) is 4.24. The average Bonchev–Trinajstić information content (AvgIpc) is 3.15. The van der Waals surface area contributed by atoms with Crippen LogP contribution in [0.3, 0.4) is 0 Å². The van der Waals surface area contributed by atoms with Crippen LogP contribution in [0, 0.1) is 6.92 Å². The molecule has 0 spiro atoms. The van der Waals surface area contributed by atoms with Crippen LogP contribution in [0.2, 0.25) is 0 Å². The van der Waals surface area contributed by atoms with E-state index in [9.17, 15) is 4.79 Å². The molecule has 3 rings (SSSR count). The van der Waals surface area contributed by atoms with Gasteiger partial charge in [-0.15, -0.1) is 5.10 Å². The van der Waals surface area contributed by atoms with Crippen LogP contribution in [-0.4, -0.2) is 19.9 Å². The SMILES string of the molecule is Cc1cc(Sc2n[nH]c(=O)n2C2CC2)ccc1CO. The molecule has 1 aliphatic carbocycles. The summed E-state index contributed by atoms with van der Waals surface area (Å²) in [6.07, 6.45) is 2.10. The molecule has 0 radical (unpaired) electrons. The second kappa shape index (κ2) is 4.86. The Morgan fingerprint density at radius 2 is 2.32 bits per heavy atom. The summed E-state index contributed by atoms with van der Waals surface area (Å²) in [5.41, 5.74) is 1.84. The predicted octanol–water partition coefficient (Wildman–Crippen LogP) is 1.86. The minimum atomic E-state index is -0.131. The molecule has 2 aromatic rings. The molecule has 1 saturated carbocycles. The van der Waals surface area contributed by atoms with Crippen molar-refractivity contribution in [2.45, 2.75) is 42.5 Å². The van der Waals surface area contributed by atoms with Gasteiger partial charge in [-0.05, 0) is 54.8 Å². The first kappa shape index (κ1) is 12.5. The lowest BCUT2D eigenvalue weighted by Gasteiger charge is -2.06. The zero-order valence-electron chi connectivity index (χ0n) is 10.6. The van der Waals surface area contributed by atoms with Crippen molar-refractivity contribution in [2.75, 3.05) is 0 Å². The number of aryl methyl sites for hydroxylation is 1. The Kier molecular flexibility index (Phi) is 3.20. The zero-order chi connectivity index (χ0) is 13.4. The van der Waals surface area contributed by atoms with Gasteiger partial charge in [0.1, 0.15) is 0 Å². The Bertz CT molecular complexity index is 658. The highest BCUT2D eigenvalue weighted by Gasteiger charge is 2.28. The quantitative estimate of drug-likeness (QED) is 0.895. The zero-order valence-corrected chi connectivity index (χ0v) is 11.4. The van der Waals surface area contributed by atoms with Crippen molar-refractivity contribution in [3.05, 3.63) is 39.8 Å². The molecule has 0 amide bonds. The standard InChI is InChI=1S/C13H15N3O2S/c1-8-6-11(5-2-9(8)7-17)19-13-15-14-12(18)16(13)10-3-4-10/h2,5-6,10,17H,3-4,7H2,1H3,(H,14,18). The van der Waals surface area contributed by atoms with E-state index in [2.05, 4.69) is 10.2 Å². The van der Waals surface area contributed by atoms with E-state index in [0.29, 0.717) is 11.2 Å². The van der Waals surface area contributed by atoms with Gasteiger partial charge in [0, 0.05) is 10.9 Å². The van der Waals surface area contributed by atoms with Gasteiger partial charge in [0.05, 0.1) is 6.61 Å². The number of aliphatic hydroxyl groups excluding tert-OH is 1. The van der Waals surface area contributed by atoms with Crippen LogP contribution in [-0.2, 0) is 6.61 Å². The molecule has 1 aliphatic rings. The fraction of sp³-hybridized carbons (Fsp3) is 0.385. The van der Waals surface area contributed by atoms with Gasteiger partial charge >= 0.3 is 5.69 Å². The summed E-state index contributed by atoms with van der Waals surface area (Å²) in [5, 5.41) is 16.5. The highest BCUT2D eigenvalue weighted by Crippen LogP contribution is 2.37. The van der Waals surface area contributed by atoms with Gasteiger partial charge in [-0.2, -0.15) is 0 Å². The fourth-order valence-corrected chi connectivity index (χ4v) is 3.04. The molecule has 0 saturated heterocycles. The van der Waals surface area contributed by atoms with E-state index in [1.165, 1.54) is 11.8 Å². The molecule has 1 heterocycles. The summed E-state index contributed by atoms with van der Waals surface area (Å²) in [4.78, 5) is 12.7. The van der Waals surface area contributed by atoms with Gasteiger partial charge in [-0.1, -0.05) is 6.07 Å². The Balaban J connectivity index is 1.89. The fourth-order valence-electron chi connectivity index (χ4n) is 2.03. The smallest absolute Gasteiger partial charge is 0.344 e. The van der Waals surface area contributed by atoms with Gasteiger partial charge < -0.3 is 5.11 Å². The molecule has 1 aromatic carbocycles. The van der Waals surface area contributed by atoms with Gasteiger partial charge in [-0.25, -0.2) is 9.89 Å². The molecule has 0 bridgehead atoms. The molecule has 19 heavy (non-hydrogen) atoms. The number of aliphatic hydroxyl groups is 1. The summed E-state index contributed by atoms with van der Waals surface area (Å²) >= 11 is 1.48. The first-order valence-corrected chi connectivity index (χ1v) is 7.06. The van der Waals surface area contributed by atoms with Gasteiger partial charge in [0.25, 0.3) is 0 Å². The predicted molar refractivity (Wildman–Crippen MR) is 72.3 cm³/mol. The second-order valence-electron chi connectivity index (χ2n) is 4.76. The van der Waals surface area contributed by atoms with Crippen molar-refractivity contribution in [3.63, 3.8) is 0 Å². The molecule has 0 aliphatic heterocycles. The van der Waals surface area contributed by atoms with Gasteiger partial charge in [0.15, 0.2) is 5.16 Å². The lowest BCUT2D eigenvalue weighted by Crippen LogP contribution is -2.15. The number of aromatic nitrogens is 3. The summed E-state index contributed by atoms with van der Waals surface area (Å²) in [6, 6.07) is 6.17. The molecule has 2 N–H and O–H groups in total. The van der Waals surface area contributed by atoms with Crippen LogP contribution < -0.4 is 5.69 Å². The molecule has 0 unspecified atom stereocenters. The van der Waals surface area contributed by atoms with E-state index in [0.717, 1.165) is 28.9 Å². The summed E-state index contributed by atoms with van der Waals surface area (Å²) < 4.78 is 1.74. The van der Waals surface area contributed by atoms with Crippen molar-refractivity contribution in [1.82, 2.24) is 14.8 Å². The molecule has 1 aromatic heterocycles. The van der Waals surface area contributed by atoms with Crippen LogP contribution in [0.1, 0.15) is 30.0 Å². The van der Waals surface area contributed by atoms with Gasteiger partial charge in [-0.3, -0.25) is 4.57 Å². The van der Waals surface area contributed by atoms with Crippen LogP contribution >= 0.6 is 11.8 Å². The number of rotatable bonds is 4. The van der Waals surface area contributed by atoms with Crippen LogP contribution in [0.4, 0.5) is 0 Å². The number of hydrogen-bond donors (Lipinski definition) is 2. The topological polar surface area (TPSA) is 70.9 Å². The van der Waals surface area contributed by atoms with Crippen molar-refractivity contribution >= 4 is 11.8 Å². The number of nitrogens with zero attached hydrogens (tertiary/aromatic N) is 2. The van der Waals surface area contributed by atoms with Crippen molar-refractivity contribution < 1.29 is 5.11 Å². The lowest BCUT2D eigenvalue weighted by molar-refractivity contribution is 0.281. The summed E-state index contributed by atoms with van der Waals surface area (Å²) in [7, 11) is 0. The molecule has 100 valence electrons. The highest BCUT2D eigenvalue weighted by molar-refractivity contribution is 7.99. The van der Waals surface area contributed by atoms with Crippen molar-refractivity contribution in [1.29, 1.82) is 0 Å². The number of nitrogens with one attached hydrogen (secondary N) is 1. The molecular formula is C13H15N3O2S. The monoisotopic (exact) mass is 277 g/mol. The van der Waals surface area contributed by atoms with Crippen LogP contribution in [0.15, 0.2) is 33.0 Å². The van der Waals surface area contributed by atoms with Crippen LogP contribution in [0.5, 0.6) is 0 Å². The highest BCUT2D eigenvalue weighted by atomic mass is 32.2. The molecule has 0 atom stereocenters. The van der Waals surface area contributed by atoms with E-state index in [-0.39, 0.29) is 12.3 Å². The first-order valence-electron chi connectivity index (χ1n) is 6.24. The Morgan fingerprint density at radius 3 is 2.95 bits per heavy atom. The minimum Gasteiger partial charge on any atom is -0.392 e. The van der Waals surface area contributed by atoms with Gasteiger partial charge in [0.2, 0.25) is 0 Å². The number of aromatic amines is 1. The third kappa shape index (κ3) is 2.46. The maximum absolute atomic E-state index is 11.7. The maximum atomic E-state index is 11.7. The van der Waals surface area contributed by atoms with Crippen molar-refractivity contribution in [2.24, 2.45) is 0 Å². The van der Waals surface area contributed by atoms with E-state index >= 15 is 0 Å². The third-order valence-electron chi connectivity index (χ3n) is 3.28. The molecule has 1 fully saturated rings. The molecule has 5 nitrogen and oxygen atoms in total. The normalized spacial score (nSPS) is 14.8. The summed E-state index contributed by atoms with van der Waals surface area (Å²) in [6.45, 7) is 2.01. The Morgan fingerprint density at radius 1 is 1.53 bits per heavy atom. The maximum Gasteiger partial charge on any atom is 0.344 e. The number of H-pyrrole nitrogens is 1. The van der Waals surface area contributed by atoms with Crippen molar-refractivity contribution in [3.8, 4) is 0 Å². The largest absolute Gasteiger partial charge is 0.392 e. The van der Waals surface area contributed by atoms with E-state index in [1.54, 1.807) is 4.57 Å². The number of hydrogen-bond acceptors (Lipinski definition) is 4. The average molecular weight is 277 g/mol. The van der Waals surface area contributed by atoms with E-state index in [4.69, 9.17) is 5.11 Å². The first-order chi connectivity index (χ1) is 9.19. The van der Waals surface area contributed by atoms with E-state index in [1.807, 2.05) is 25.1 Å². The molecular weight excluding hydrogens is 262 g/mol. The van der Waals surface area contributed by atoms with Crippen LogP contribution in [0.25, 0.3) is 0 Å². The lowest BCUT2D eigenvalue weighted by atomic mass is 10.1. The summed E-state index contributed by atoms with van der Waals surface area (Å²) in [5.74, 6) is 0. The minimum absolute atomic E-state index is 0.0476. The number of benzene rings is 1. The molecule has 6 heteroatoms. The Labute approximate surface area is 114 Å². The Hall–Kier alpha value is -1.53. The second-order valence-corrected chi connectivity index (χ2v) is 5.80.